The summed E-state index contributed by atoms with van der Waals surface area (Å²) in [6.45, 7) is 7.22. The van der Waals surface area contributed by atoms with Gasteiger partial charge in [-0.3, -0.25) is 0 Å². The van der Waals surface area contributed by atoms with Gasteiger partial charge in [0.25, 0.3) is 0 Å². The van der Waals surface area contributed by atoms with Gasteiger partial charge in [-0.2, -0.15) is 0 Å². The van der Waals surface area contributed by atoms with Gasteiger partial charge in [-0.1, -0.05) is 13.0 Å². The van der Waals surface area contributed by atoms with Crippen molar-refractivity contribution in [1.82, 2.24) is 5.32 Å². The van der Waals surface area contributed by atoms with Gasteiger partial charge in [0.05, 0.1) is 6.04 Å². The summed E-state index contributed by atoms with van der Waals surface area (Å²) in [6, 6.07) is 4.22. The Hall–Kier alpha value is -1.06. The lowest BCUT2D eigenvalue weighted by molar-refractivity contribution is 0.402. The van der Waals surface area contributed by atoms with E-state index in [1.807, 2.05) is 12.1 Å². The molecule has 88 valence electrons. The van der Waals surface area contributed by atoms with Crippen LogP contribution in [0.5, 0.6) is 0 Å². The molecule has 0 saturated heterocycles. The lowest BCUT2D eigenvalue weighted by Gasteiger charge is -2.12. The van der Waals surface area contributed by atoms with Gasteiger partial charge >= 0.3 is 0 Å². The second-order valence-corrected chi connectivity index (χ2v) is 4.54. The summed E-state index contributed by atoms with van der Waals surface area (Å²) < 4.78 is 5.85. The second-order valence-electron chi connectivity index (χ2n) is 4.54. The molecule has 3 atom stereocenters. The maximum absolute atomic E-state index is 5.85. The first kappa shape index (κ1) is 11.4. The Morgan fingerprint density at radius 2 is 2.44 bits per heavy atom. The monoisotopic (exact) mass is 220 g/mol. The summed E-state index contributed by atoms with van der Waals surface area (Å²) >= 11 is 0. The molecule has 1 fully saturated rings. The number of hydrogen-bond acceptors (Lipinski definition) is 3. The third-order valence-electron chi connectivity index (χ3n) is 3.21. The van der Waals surface area contributed by atoms with Crippen molar-refractivity contribution in [1.29, 1.82) is 0 Å². The molecule has 1 heterocycles. The van der Waals surface area contributed by atoms with Crippen LogP contribution in [0.4, 0.5) is 0 Å². The Morgan fingerprint density at radius 3 is 3.00 bits per heavy atom. The van der Waals surface area contributed by atoms with Gasteiger partial charge in [-0.15, -0.1) is 6.58 Å². The van der Waals surface area contributed by atoms with Crippen LogP contribution in [-0.2, 0) is 0 Å². The lowest BCUT2D eigenvalue weighted by atomic mass is 10.2. The van der Waals surface area contributed by atoms with Crippen LogP contribution < -0.4 is 11.1 Å². The normalized spacial score (nSPS) is 25.4. The maximum Gasteiger partial charge on any atom is 0.122 e. The first-order valence-electron chi connectivity index (χ1n) is 5.90. The summed E-state index contributed by atoms with van der Waals surface area (Å²) in [6.07, 6.45) is 3.08. The van der Waals surface area contributed by atoms with E-state index in [2.05, 4.69) is 24.9 Å². The molecule has 2 rings (SSSR count). The molecule has 0 aliphatic heterocycles. The van der Waals surface area contributed by atoms with Crippen LogP contribution in [0.3, 0.4) is 0 Å². The smallest absolute Gasteiger partial charge is 0.122 e. The fourth-order valence-corrected chi connectivity index (χ4v) is 2.00. The Balaban J connectivity index is 2.01. The van der Waals surface area contributed by atoms with E-state index in [1.165, 1.54) is 6.42 Å². The van der Waals surface area contributed by atoms with Gasteiger partial charge in [0.2, 0.25) is 0 Å². The van der Waals surface area contributed by atoms with Crippen molar-refractivity contribution < 1.29 is 4.42 Å². The Bertz CT molecular complexity index is 359. The minimum absolute atomic E-state index is 0.0980. The van der Waals surface area contributed by atoms with Crippen molar-refractivity contribution >= 4 is 0 Å². The molecule has 0 amide bonds. The first-order chi connectivity index (χ1) is 7.76. The van der Waals surface area contributed by atoms with E-state index >= 15 is 0 Å². The van der Waals surface area contributed by atoms with Crippen LogP contribution >= 0.6 is 0 Å². The zero-order chi connectivity index (χ0) is 11.5. The van der Waals surface area contributed by atoms with E-state index in [0.29, 0.717) is 12.5 Å². The Morgan fingerprint density at radius 1 is 1.69 bits per heavy atom. The largest absolute Gasteiger partial charge is 0.464 e. The molecule has 3 nitrogen and oxygen atoms in total. The molecule has 0 radical (unpaired) electrons. The minimum Gasteiger partial charge on any atom is -0.464 e. The first-order valence-corrected chi connectivity index (χ1v) is 5.90. The van der Waals surface area contributed by atoms with Crippen molar-refractivity contribution in [3.8, 4) is 0 Å². The van der Waals surface area contributed by atoms with Crippen LogP contribution in [0.15, 0.2) is 29.2 Å². The van der Waals surface area contributed by atoms with E-state index in [1.54, 1.807) is 0 Å². The van der Waals surface area contributed by atoms with Crippen LogP contribution in [0, 0.1) is 5.92 Å². The van der Waals surface area contributed by atoms with Crippen molar-refractivity contribution in [3.05, 3.63) is 36.3 Å². The van der Waals surface area contributed by atoms with E-state index in [0.717, 1.165) is 24.0 Å². The van der Waals surface area contributed by atoms with Crippen LogP contribution in [0.2, 0.25) is 0 Å². The average Bonchev–Trinajstić information content (AvgIpc) is 2.82. The van der Waals surface area contributed by atoms with E-state index < -0.39 is 0 Å². The number of nitrogens with two attached hydrogens (primary N) is 1. The predicted molar refractivity (Wildman–Crippen MR) is 65.2 cm³/mol. The average molecular weight is 220 g/mol. The molecule has 0 aromatic carbocycles. The summed E-state index contributed by atoms with van der Waals surface area (Å²) in [5, 5.41) is 3.28. The van der Waals surface area contributed by atoms with Gasteiger partial charge in [0.15, 0.2) is 0 Å². The molecule has 3 heteroatoms. The van der Waals surface area contributed by atoms with E-state index in [-0.39, 0.29) is 6.04 Å². The molecule has 1 aliphatic carbocycles. The molecule has 0 spiro atoms. The number of furan rings is 1. The molecule has 1 saturated carbocycles. The molecule has 1 aliphatic rings. The molecule has 0 bridgehead atoms. The molecule has 3 unspecified atom stereocenters. The standard InChI is InChI=1S/C13H20N2O/c1-3-6-15-11(8-14)13-5-4-12(16-13)10-7-9(10)2/h3-5,9-11,15H,1,6-8,14H2,2H3. The zero-order valence-electron chi connectivity index (χ0n) is 9.78. The number of hydrogen-bond donors (Lipinski definition) is 2. The fourth-order valence-electron chi connectivity index (χ4n) is 2.00. The molecule has 1 aromatic rings. The Kier molecular flexibility index (Phi) is 3.46. The van der Waals surface area contributed by atoms with Gasteiger partial charge in [0.1, 0.15) is 11.5 Å². The van der Waals surface area contributed by atoms with Gasteiger partial charge in [0, 0.05) is 19.0 Å². The summed E-state index contributed by atoms with van der Waals surface area (Å²) in [5.41, 5.74) is 5.72. The lowest BCUT2D eigenvalue weighted by Crippen LogP contribution is -2.27. The highest BCUT2D eigenvalue weighted by atomic mass is 16.3. The third kappa shape index (κ3) is 2.36. The van der Waals surface area contributed by atoms with Crippen molar-refractivity contribution in [2.75, 3.05) is 13.1 Å². The second kappa shape index (κ2) is 4.85. The van der Waals surface area contributed by atoms with Crippen LogP contribution in [0.25, 0.3) is 0 Å². The summed E-state index contributed by atoms with van der Waals surface area (Å²) in [5.74, 6) is 3.46. The van der Waals surface area contributed by atoms with E-state index in [9.17, 15) is 0 Å². The molecule has 3 N–H and O–H groups in total. The topological polar surface area (TPSA) is 51.2 Å². The highest BCUT2D eigenvalue weighted by molar-refractivity contribution is 5.19. The highest BCUT2D eigenvalue weighted by Gasteiger charge is 2.36. The number of rotatable bonds is 6. The van der Waals surface area contributed by atoms with Gasteiger partial charge < -0.3 is 15.5 Å². The quantitative estimate of drug-likeness (QED) is 0.722. The maximum atomic E-state index is 5.85. The molecule has 16 heavy (non-hydrogen) atoms. The zero-order valence-corrected chi connectivity index (χ0v) is 9.78. The summed E-state index contributed by atoms with van der Waals surface area (Å²) in [4.78, 5) is 0. The van der Waals surface area contributed by atoms with E-state index in [4.69, 9.17) is 10.2 Å². The van der Waals surface area contributed by atoms with Gasteiger partial charge in [-0.25, -0.2) is 0 Å². The molecular weight excluding hydrogens is 200 g/mol. The minimum atomic E-state index is 0.0980. The Labute approximate surface area is 96.7 Å². The van der Waals surface area contributed by atoms with Crippen molar-refractivity contribution in [2.45, 2.75) is 25.3 Å². The van der Waals surface area contributed by atoms with Crippen LogP contribution in [0.1, 0.15) is 36.8 Å². The van der Waals surface area contributed by atoms with Crippen molar-refractivity contribution in [3.63, 3.8) is 0 Å². The van der Waals surface area contributed by atoms with Crippen LogP contribution in [-0.4, -0.2) is 13.1 Å². The SMILES string of the molecule is C=CCNC(CN)c1ccc(C2CC2C)o1. The molecular formula is C13H20N2O. The molecule has 1 aromatic heterocycles. The predicted octanol–water partition coefficient (Wildman–Crippen LogP) is 2.18. The van der Waals surface area contributed by atoms with Crippen molar-refractivity contribution in [2.24, 2.45) is 11.7 Å². The highest BCUT2D eigenvalue weighted by Crippen LogP contribution is 2.47. The third-order valence-corrected chi connectivity index (χ3v) is 3.21. The number of nitrogens with one attached hydrogen (secondary N) is 1. The van der Waals surface area contributed by atoms with Gasteiger partial charge in [-0.05, 0) is 24.5 Å². The fraction of sp³-hybridized carbons (Fsp3) is 0.538. The summed E-state index contributed by atoms with van der Waals surface area (Å²) in [7, 11) is 0.